The molecule has 4 heteroatoms. The van der Waals surface area contributed by atoms with Crippen LogP contribution in [0.1, 0.15) is 24.1 Å². The molecule has 18 heavy (non-hydrogen) atoms. The second kappa shape index (κ2) is 5.38. The molecule has 3 nitrogen and oxygen atoms in total. The third kappa shape index (κ3) is 2.81. The van der Waals surface area contributed by atoms with Crippen LogP contribution in [0.3, 0.4) is 0 Å². The molecule has 0 spiro atoms. The Bertz CT molecular complexity index is 555. The van der Waals surface area contributed by atoms with Crippen LogP contribution in [-0.2, 0) is 0 Å². The molecule has 2 N–H and O–H groups in total. The molecule has 2 rings (SSSR count). The third-order valence-electron chi connectivity index (χ3n) is 2.65. The van der Waals surface area contributed by atoms with E-state index in [1.165, 1.54) is 0 Å². The molecule has 0 aliphatic rings. The molecule has 1 aromatic heterocycles. The standard InChI is InChI=1S/C14H15ClN2O/c1-9-5-6-11(15)8-13(9)18-14-12(10(2)16)4-3-7-17-14/h3-8,10H,16H2,1-2H3/t10-/m0/s1. The Balaban J connectivity index is 2.37. The van der Waals surface area contributed by atoms with Gasteiger partial charge in [0.15, 0.2) is 0 Å². The highest BCUT2D eigenvalue weighted by molar-refractivity contribution is 6.30. The fourth-order valence-electron chi connectivity index (χ4n) is 1.62. The van der Waals surface area contributed by atoms with Crippen molar-refractivity contribution in [2.75, 3.05) is 0 Å². The number of aryl methyl sites for hydroxylation is 1. The Morgan fingerprint density at radius 3 is 2.83 bits per heavy atom. The van der Waals surface area contributed by atoms with Crippen molar-refractivity contribution in [1.29, 1.82) is 0 Å². The minimum absolute atomic E-state index is 0.131. The average molecular weight is 263 g/mol. The van der Waals surface area contributed by atoms with E-state index in [2.05, 4.69) is 4.98 Å². The Labute approximate surface area is 112 Å². The van der Waals surface area contributed by atoms with E-state index in [9.17, 15) is 0 Å². The summed E-state index contributed by atoms with van der Waals surface area (Å²) in [7, 11) is 0. The Hall–Kier alpha value is -1.58. The van der Waals surface area contributed by atoms with E-state index in [4.69, 9.17) is 22.1 Å². The van der Waals surface area contributed by atoms with Crippen molar-refractivity contribution >= 4 is 11.6 Å². The predicted molar refractivity (Wildman–Crippen MR) is 73.1 cm³/mol. The van der Waals surface area contributed by atoms with Crippen LogP contribution in [0.2, 0.25) is 5.02 Å². The van der Waals surface area contributed by atoms with Crippen LogP contribution in [0.25, 0.3) is 0 Å². The van der Waals surface area contributed by atoms with Gasteiger partial charge in [-0.1, -0.05) is 23.7 Å². The van der Waals surface area contributed by atoms with E-state index in [0.29, 0.717) is 16.7 Å². The highest BCUT2D eigenvalue weighted by atomic mass is 35.5. The minimum Gasteiger partial charge on any atom is -0.438 e. The van der Waals surface area contributed by atoms with Crippen molar-refractivity contribution in [1.82, 2.24) is 4.98 Å². The SMILES string of the molecule is Cc1ccc(Cl)cc1Oc1ncccc1[C@H](C)N. The predicted octanol–water partition coefficient (Wildman–Crippen LogP) is 3.86. The molecule has 0 saturated carbocycles. The van der Waals surface area contributed by atoms with Gasteiger partial charge in [-0.15, -0.1) is 0 Å². The van der Waals surface area contributed by atoms with Crippen LogP contribution < -0.4 is 10.5 Å². The molecule has 94 valence electrons. The van der Waals surface area contributed by atoms with Crippen molar-refractivity contribution in [3.63, 3.8) is 0 Å². The topological polar surface area (TPSA) is 48.1 Å². The second-order valence-electron chi connectivity index (χ2n) is 4.20. The summed E-state index contributed by atoms with van der Waals surface area (Å²) in [6.45, 7) is 3.86. The highest BCUT2D eigenvalue weighted by Gasteiger charge is 2.11. The van der Waals surface area contributed by atoms with E-state index in [1.807, 2.05) is 38.1 Å². The molecule has 0 aliphatic carbocycles. The number of hydrogen-bond donors (Lipinski definition) is 1. The number of pyridine rings is 1. The Kier molecular flexibility index (Phi) is 3.84. The van der Waals surface area contributed by atoms with Gasteiger partial charge in [-0.2, -0.15) is 0 Å². The zero-order chi connectivity index (χ0) is 13.1. The van der Waals surface area contributed by atoms with Gasteiger partial charge in [0.2, 0.25) is 5.88 Å². The zero-order valence-electron chi connectivity index (χ0n) is 10.4. The molecule has 1 atom stereocenters. The van der Waals surface area contributed by atoms with Crippen LogP contribution in [0, 0.1) is 6.92 Å². The fourth-order valence-corrected chi connectivity index (χ4v) is 1.79. The first-order valence-corrected chi connectivity index (χ1v) is 6.10. The summed E-state index contributed by atoms with van der Waals surface area (Å²) in [5.74, 6) is 1.22. The summed E-state index contributed by atoms with van der Waals surface area (Å²) < 4.78 is 5.81. The van der Waals surface area contributed by atoms with Crippen LogP contribution in [0.5, 0.6) is 11.6 Å². The number of rotatable bonds is 3. The van der Waals surface area contributed by atoms with Gasteiger partial charge >= 0.3 is 0 Å². The number of ether oxygens (including phenoxy) is 1. The normalized spacial score (nSPS) is 12.2. The fraction of sp³-hybridized carbons (Fsp3) is 0.214. The van der Waals surface area contributed by atoms with E-state index >= 15 is 0 Å². The average Bonchev–Trinajstić information content (AvgIpc) is 2.34. The molecule has 0 unspecified atom stereocenters. The number of halogens is 1. The van der Waals surface area contributed by atoms with Gasteiger partial charge in [0.1, 0.15) is 5.75 Å². The molecule has 0 aliphatic heterocycles. The summed E-state index contributed by atoms with van der Waals surface area (Å²) >= 11 is 5.96. The Morgan fingerprint density at radius 1 is 1.33 bits per heavy atom. The van der Waals surface area contributed by atoms with Gasteiger partial charge in [-0.25, -0.2) is 4.98 Å². The van der Waals surface area contributed by atoms with Gasteiger partial charge in [0, 0.05) is 22.8 Å². The first kappa shape index (κ1) is 12.9. The van der Waals surface area contributed by atoms with Crippen molar-refractivity contribution in [2.45, 2.75) is 19.9 Å². The zero-order valence-corrected chi connectivity index (χ0v) is 11.1. The maximum absolute atomic E-state index is 5.96. The summed E-state index contributed by atoms with van der Waals surface area (Å²) in [6, 6.07) is 9.13. The lowest BCUT2D eigenvalue weighted by atomic mass is 10.1. The van der Waals surface area contributed by atoms with Crippen molar-refractivity contribution in [3.05, 3.63) is 52.7 Å². The van der Waals surface area contributed by atoms with Gasteiger partial charge < -0.3 is 10.5 Å². The first-order valence-electron chi connectivity index (χ1n) is 5.72. The lowest BCUT2D eigenvalue weighted by Gasteiger charge is -2.13. The molecular formula is C14H15ClN2O. The number of nitrogens with two attached hydrogens (primary N) is 1. The summed E-state index contributed by atoms with van der Waals surface area (Å²) in [4.78, 5) is 4.22. The van der Waals surface area contributed by atoms with Crippen LogP contribution in [0.4, 0.5) is 0 Å². The summed E-state index contributed by atoms with van der Waals surface area (Å²) in [5, 5.41) is 0.633. The minimum atomic E-state index is -0.131. The van der Waals surface area contributed by atoms with Crippen LogP contribution in [-0.4, -0.2) is 4.98 Å². The highest BCUT2D eigenvalue weighted by Crippen LogP contribution is 2.30. The van der Waals surface area contributed by atoms with Crippen molar-refractivity contribution in [2.24, 2.45) is 5.73 Å². The molecule has 1 heterocycles. The van der Waals surface area contributed by atoms with Crippen molar-refractivity contribution < 1.29 is 4.74 Å². The Morgan fingerprint density at radius 2 is 2.11 bits per heavy atom. The van der Waals surface area contributed by atoms with Gasteiger partial charge in [-0.05, 0) is 37.6 Å². The van der Waals surface area contributed by atoms with Crippen LogP contribution in [0.15, 0.2) is 36.5 Å². The number of nitrogens with zero attached hydrogens (tertiary/aromatic N) is 1. The number of benzene rings is 1. The summed E-state index contributed by atoms with van der Waals surface area (Å²) in [6.07, 6.45) is 1.68. The molecule has 0 bridgehead atoms. The maximum atomic E-state index is 5.96. The van der Waals surface area contributed by atoms with Gasteiger partial charge in [-0.3, -0.25) is 0 Å². The monoisotopic (exact) mass is 262 g/mol. The largest absolute Gasteiger partial charge is 0.438 e. The van der Waals surface area contributed by atoms with E-state index in [0.717, 1.165) is 11.1 Å². The number of aromatic nitrogens is 1. The van der Waals surface area contributed by atoms with Crippen molar-refractivity contribution in [3.8, 4) is 11.6 Å². The molecule has 1 aromatic carbocycles. The number of hydrogen-bond acceptors (Lipinski definition) is 3. The molecule has 0 saturated heterocycles. The molecule has 0 amide bonds. The van der Waals surface area contributed by atoms with Gasteiger partial charge in [0.25, 0.3) is 0 Å². The smallest absolute Gasteiger partial charge is 0.223 e. The quantitative estimate of drug-likeness (QED) is 0.914. The van der Waals surface area contributed by atoms with E-state index < -0.39 is 0 Å². The van der Waals surface area contributed by atoms with E-state index in [-0.39, 0.29) is 6.04 Å². The molecule has 2 aromatic rings. The van der Waals surface area contributed by atoms with E-state index in [1.54, 1.807) is 12.3 Å². The van der Waals surface area contributed by atoms with Crippen LogP contribution >= 0.6 is 11.6 Å². The summed E-state index contributed by atoms with van der Waals surface area (Å²) in [5.41, 5.74) is 7.76. The van der Waals surface area contributed by atoms with Gasteiger partial charge in [0.05, 0.1) is 0 Å². The lowest BCUT2D eigenvalue weighted by Crippen LogP contribution is -2.07. The lowest BCUT2D eigenvalue weighted by molar-refractivity contribution is 0.449. The molecule has 0 radical (unpaired) electrons. The third-order valence-corrected chi connectivity index (χ3v) is 2.88. The molecule has 0 fully saturated rings. The second-order valence-corrected chi connectivity index (χ2v) is 4.63. The maximum Gasteiger partial charge on any atom is 0.223 e. The first-order chi connectivity index (χ1) is 8.58. The molecular weight excluding hydrogens is 248 g/mol.